The zero-order valence-corrected chi connectivity index (χ0v) is 36.2. The number of quaternary nitrogens is 1. The Morgan fingerprint density at radius 2 is 0.962 bits per heavy atom. The van der Waals surface area contributed by atoms with E-state index in [1.165, 1.54) is 128 Å². The Hall–Kier alpha value is -1.25. The summed E-state index contributed by atoms with van der Waals surface area (Å²) in [6.45, 7) is 4.37. The molecule has 314 valence electrons. The molecule has 0 aromatic carbocycles. The predicted octanol–water partition coefficient (Wildman–Crippen LogP) is 12.2. The van der Waals surface area contributed by atoms with Crippen molar-refractivity contribution < 1.29 is 42.1 Å². The van der Waals surface area contributed by atoms with Gasteiger partial charge in [0.1, 0.15) is 19.8 Å². The summed E-state index contributed by atoms with van der Waals surface area (Å²) in [5.74, 6) is -0.802. The average Bonchev–Trinajstić information content (AvgIpc) is 3.10. The van der Waals surface area contributed by atoms with Crippen LogP contribution in [-0.4, -0.2) is 74.9 Å². The van der Waals surface area contributed by atoms with Crippen molar-refractivity contribution in [2.75, 3.05) is 47.5 Å². The second-order valence-corrected chi connectivity index (χ2v) is 17.5. The van der Waals surface area contributed by atoms with Crippen LogP contribution in [0.2, 0.25) is 0 Å². The number of phosphoric ester groups is 1. The fourth-order valence-corrected chi connectivity index (χ4v) is 6.81. The number of carbonyl (C=O) groups excluding carboxylic acids is 2. The number of unbranched alkanes of at least 4 members (excludes halogenated alkanes) is 24. The van der Waals surface area contributed by atoms with Crippen LogP contribution in [0.1, 0.15) is 200 Å². The van der Waals surface area contributed by atoms with E-state index in [-0.39, 0.29) is 32.0 Å². The first-order valence-corrected chi connectivity index (χ1v) is 23.4. The summed E-state index contributed by atoms with van der Waals surface area (Å²) >= 11 is 0. The molecule has 0 saturated carbocycles. The fraction of sp³-hybridized carbons (Fsp3) is 0.907. The van der Waals surface area contributed by atoms with Crippen molar-refractivity contribution in [2.45, 2.75) is 206 Å². The number of nitrogens with zero attached hydrogens (tertiary/aromatic N) is 1. The number of likely N-dealkylation sites (N-methyl/N-ethyl adjacent to an activating group) is 1. The summed E-state index contributed by atoms with van der Waals surface area (Å²) in [6.07, 6.45) is 37.3. The Morgan fingerprint density at radius 3 is 1.40 bits per heavy atom. The van der Waals surface area contributed by atoms with Crippen molar-refractivity contribution in [3.8, 4) is 0 Å². The van der Waals surface area contributed by atoms with Crippen LogP contribution in [0, 0.1) is 0 Å². The average molecular weight is 775 g/mol. The summed E-state index contributed by atoms with van der Waals surface area (Å²) in [4.78, 5) is 35.1. The van der Waals surface area contributed by atoms with Gasteiger partial charge in [-0.3, -0.25) is 18.6 Å². The lowest BCUT2D eigenvalue weighted by Crippen LogP contribution is -2.37. The van der Waals surface area contributed by atoms with Crippen LogP contribution in [0.4, 0.5) is 0 Å². The number of allylic oxidation sites excluding steroid dienone is 2. The lowest BCUT2D eigenvalue weighted by atomic mass is 10.0. The van der Waals surface area contributed by atoms with Gasteiger partial charge in [-0.1, -0.05) is 161 Å². The molecule has 0 aliphatic heterocycles. The highest BCUT2D eigenvalue weighted by atomic mass is 31.2. The first-order valence-electron chi connectivity index (χ1n) is 21.9. The molecule has 2 unspecified atom stereocenters. The largest absolute Gasteiger partial charge is 0.472 e. The standard InChI is InChI=1S/C43H84NO8P/c1-6-8-10-12-14-15-16-17-18-19-20-21-22-23-24-25-26-27-28-29-30-32-34-36-43(46)52-41(39-49-42(45)35-33-31-13-11-9-7-2)40-51-53(47,48)50-38-37-44(3,4)5/h19-20,41H,6-18,21-40H2,1-5H3/p+1/b20-19-. The molecule has 0 aliphatic carbocycles. The zero-order chi connectivity index (χ0) is 39.3. The van der Waals surface area contributed by atoms with E-state index < -0.39 is 26.5 Å². The predicted molar refractivity (Wildman–Crippen MR) is 220 cm³/mol. The van der Waals surface area contributed by atoms with Crippen molar-refractivity contribution in [3.63, 3.8) is 0 Å². The smallest absolute Gasteiger partial charge is 0.462 e. The Kier molecular flexibility index (Phi) is 35.5. The molecule has 2 atom stereocenters. The topological polar surface area (TPSA) is 108 Å². The van der Waals surface area contributed by atoms with Gasteiger partial charge >= 0.3 is 19.8 Å². The molecule has 53 heavy (non-hydrogen) atoms. The molecule has 1 N–H and O–H groups in total. The minimum Gasteiger partial charge on any atom is -0.462 e. The van der Waals surface area contributed by atoms with E-state index in [1.807, 2.05) is 21.1 Å². The van der Waals surface area contributed by atoms with Crippen LogP contribution in [-0.2, 0) is 32.7 Å². The van der Waals surface area contributed by atoms with Gasteiger partial charge < -0.3 is 18.9 Å². The molecule has 0 aromatic rings. The minimum atomic E-state index is -4.36. The highest BCUT2D eigenvalue weighted by molar-refractivity contribution is 7.47. The molecule has 0 saturated heterocycles. The molecular formula is C43H85NO8P+. The molecule has 0 amide bonds. The van der Waals surface area contributed by atoms with Crippen LogP contribution in [0.3, 0.4) is 0 Å². The summed E-state index contributed by atoms with van der Waals surface area (Å²) < 4.78 is 34.1. The van der Waals surface area contributed by atoms with E-state index in [0.29, 0.717) is 17.4 Å². The van der Waals surface area contributed by atoms with Crippen LogP contribution in [0.5, 0.6) is 0 Å². The molecule has 0 bridgehead atoms. The maximum Gasteiger partial charge on any atom is 0.472 e. The van der Waals surface area contributed by atoms with E-state index >= 15 is 0 Å². The second-order valence-electron chi connectivity index (χ2n) is 16.1. The van der Waals surface area contributed by atoms with E-state index in [1.54, 1.807) is 0 Å². The Balaban J connectivity index is 4.10. The van der Waals surface area contributed by atoms with Crippen LogP contribution in [0.25, 0.3) is 0 Å². The quantitative estimate of drug-likeness (QED) is 0.0215. The molecule has 9 nitrogen and oxygen atoms in total. The highest BCUT2D eigenvalue weighted by Gasteiger charge is 2.27. The Bertz CT molecular complexity index is 922. The Morgan fingerprint density at radius 1 is 0.566 bits per heavy atom. The summed E-state index contributed by atoms with van der Waals surface area (Å²) in [6, 6.07) is 0. The third-order valence-electron chi connectivity index (χ3n) is 9.55. The minimum absolute atomic E-state index is 0.0342. The number of ether oxygens (including phenoxy) is 2. The highest BCUT2D eigenvalue weighted by Crippen LogP contribution is 2.43. The molecule has 0 rings (SSSR count). The molecule has 0 heterocycles. The lowest BCUT2D eigenvalue weighted by Gasteiger charge is -2.24. The van der Waals surface area contributed by atoms with Gasteiger partial charge in [-0.15, -0.1) is 0 Å². The summed E-state index contributed by atoms with van der Waals surface area (Å²) in [5.41, 5.74) is 0. The molecular weight excluding hydrogens is 689 g/mol. The van der Waals surface area contributed by atoms with Gasteiger partial charge in [0.2, 0.25) is 0 Å². The van der Waals surface area contributed by atoms with Crippen molar-refractivity contribution in [3.05, 3.63) is 12.2 Å². The first kappa shape index (κ1) is 51.8. The number of hydrogen-bond acceptors (Lipinski definition) is 7. The van der Waals surface area contributed by atoms with Gasteiger partial charge in [-0.2, -0.15) is 0 Å². The van der Waals surface area contributed by atoms with Gasteiger partial charge in [0, 0.05) is 12.8 Å². The van der Waals surface area contributed by atoms with E-state index in [2.05, 4.69) is 26.0 Å². The van der Waals surface area contributed by atoms with Gasteiger partial charge in [-0.25, -0.2) is 4.57 Å². The van der Waals surface area contributed by atoms with Crippen molar-refractivity contribution in [2.24, 2.45) is 0 Å². The van der Waals surface area contributed by atoms with Crippen molar-refractivity contribution >= 4 is 19.8 Å². The number of hydrogen-bond donors (Lipinski definition) is 1. The first-order chi connectivity index (χ1) is 25.5. The lowest BCUT2D eigenvalue weighted by molar-refractivity contribution is -0.870. The van der Waals surface area contributed by atoms with Gasteiger partial charge in [0.15, 0.2) is 6.10 Å². The maximum atomic E-state index is 12.6. The third-order valence-corrected chi connectivity index (χ3v) is 10.5. The summed E-state index contributed by atoms with van der Waals surface area (Å²) in [5, 5.41) is 0. The van der Waals surface area contributed by atoms with Gasteiger partial charge in [0.05, 0.1) is 27.7 Å². The van der Waals surface area contributed by atoms with Crippen LogP contribution in [0.15, 0.2) is 12.2 Å². The second kappa shape index (κ2) is 36.4. The summed E-state index contributed by atoms with van der Waals surface area (Å²) in [7, 11) is 1.48. The molecule has 0 aliphatic rings. The number of rotatable bonds is 40. The molecule has 0 aromatic heterocycles. The molecule has 0 spiro atoms. The van der Waals surface area contributed by atoms with Crippen molar-refractivity contribution in [1.29, 1.82) is 0 Å². The zero-order valence-electron chi connectivity index (χ0n) is 35.3. The van der Waals surface area contributed by atoms with Gasteiger partial charge in [0.25, 0.3) is 0 Å². The SMILES string of the molecule is CCCCCCCCCC/C=C\CCCCCCCCCCCCCC(=O)OC(COC(=O)CCCCCCCC)COP(=O)(O)OCC[N+](C)(C)C. The molecule has 0 fully saturated rings. The van der Waals surface area contributed by atoms with E-state index in [0.717, 1.165) is 38.5 Å². The van der Waals surface area contributed by atoms with Gasteiger partial charge in [-0.05, 0) is 38.5 Å². The monoisotopic (exact) mass is 775 g/mol. The van der Waals surface area contributed by atoms with Crippen LogP contribution < -0.4 is 0 Å². The third kappa shape index (κ3) is 40.2. The molecule has 0 radical (unpaired) electrons. The fourth-order valence-electron chi connectivity index (χ4n) is 6.07. The number of carbonyl (C=O) groups is 2. The maximum absolute atomic E-state index is 12.6. The van der Waals surface area contributed by atoms with Crippen molar-refractivity contribution in [1.82, 2.24) is 0 Å². The normalized spacial score (nSPS) is 13.7. The van der Waals surface area contributed by atoms with E-state index in [9.17, 15) is 19.0 Å². The molecule has 10 heteroatoms. The number of phosphoric acid groups is 1. The number of esters is 2. The van der Waals surface area contributed by atoms with Crippen LogP contribution >= 0.6 is 7.82 Å². The Labute approximate surface area is 326 Å². The van der Waals surface area contributed by atoms with E-state index in [4.69, 9.17) is 18.5 Å².